The Morgan fingerprint density at radius 2 is 2.04 bits per heavy atom. The van der Waals surface area contributed by atoms with E-state index in [-0.39, 0.29) is 12.6 Å². The number of benzene rings is 2. The molecule has 4 rings (SSSR count). The van der Waals surface area contributed by atoms with Gasteiger partial charge in [-0.1, -0.05) is 23.7 Å². The van der Waals surface area contributed by atoms with Gasteiger partial charge in [0.15, 0.2) is 5.82 Å². The fourth-order valence-corrected chi connectivity index (χ4v) is 3.45. The Morgan fingerprint density at radius 3 is 2.75 bits per heavy atom. The predicted molar refractivity (Wildman–Crippen MR) is 110 cm³/mol. The van der Waals surface area contributed by atoms with E-state index in [2.05, 4.69) is 21.5 Å². The molecule has 6 nitrogen and oxygen atoms in total. The summed E-state index contributed by atoms with van der Waals surface area (Å²) in [4.78, 5) is 4.63. The lowest BCUT2D eigenvalue weighted by Crippen LogP contribution is -2.20. The molecule has 0 radical (unpaired) electrons. The van der Waals surface area contributed by atoms with Crippen LogP contribution in [0.2, 0.25) is 5.02 Å². The van der Waals surface area contributed by atoms with Gasteiger partial charge in [-0.3, -0.25) is 0 Å². The molecule has 7 heteroatoms. The van der Waals surface area contributed by atoms with Gasteiger partial charge in [0.25, 0.3) is 0 Å². The molecule has 0 bridgehead atoms. The van der Waals surface area contributed by atoms with Crippen LogP contribution in [-0.4, -0.2) is 33.6 Å². The highest BCUT2D eigenvalue weighted by molar-refractivity contribution is 6.30. The van der Waals surface area contributed by atoms with Crippen molar-refractivity contribution in [1.82, 2.24) is 14.8 Å². The summed E-state index contributed by atoms with van der Waals surface area (Å²) < 4.78 is 7.12. The Balaban J connectivity index is 1.75. The minimum Gasteiger partial charge on any atom is -0.497 e. The van der Waals surface area contributed by atoms with Gasteiger partial charge in [0.05, 0.1) is 7.11 Å². The third-order valence-corrected chi connectivity index (χ3v) is 4.89. The number of aliphatic hydroxyl groups is 1. The molecule has 0 saturated heterocycles. The highest BCUT2D eigenvalue weighted by Crippen LogP contribution is 2.33. The van der Waals surface area contributed by atoms with Crippen LogP contribution >= 0.6 is 11.6 Å². The van der Waals surface area contributed by atoms with Gasteiger partial charge in [-0.25, -0.2) is 4.68 Å². The second kappa shape index (κ2) is 8.04. The molecule has 0 saturated carbocycles. The quantitative estimate of drug-likeness (QED) is 0.660. The summed E-state index contributed by atoms with van der Waals surface area (Å²) in [6.45, 7) is 0.115. The molecule has 0 aliphatic carbocycles. The largest absolute Gasteiger partial charge is 0.497 e. The zero-order chi connectivity index (χ0) is 19.5. The number of rotatable bonds is 6. The van der Waals surface area contributed by atoms with E-state index >= 15 is 0 Å². The predicted octanol–water partition coefficient (Wildman–Crippen LogP) is 3.92. The molecule has 2 aromatic carbocycles. The fraction of sp³-hybridized carbons (Fsp3) is 0.238. The number of nitrogens with zero attached hydrogens (tertiary/aromatic N) is 3. The normalized spacial score (nSPS) is 15.5. The molecule has 3 aromatic rings. The number of anilines is 1. The van der Waals surface area contributed by atoms with Crippen LogP contribution in [0.25, 0.3) is 5.70 Å². The van der Waals surface area contributed by atoms with Crippen molar-refractivity contribution in [2.45, 2.75) is 18.9 Å². The number of allylic oxidation sites excluding steroid dienone is 1. The number of nitrogens with one attached hydrogen (secondary N) is 1. The molecule has 0 spiro atoms. The Kier molecular flexibility index (Phi) is 5.32. The first-order valence-electron chi connectivity index (χ1n) is 9.13. The van der Waals surface area contributed by atoms with E-state index in [0.29, 0.717) is 29.6 Å². The lowest BCUT2D eigenvalue weighted by molar-refractivity contribution is 0.287. The second-order valence-corrected chi connectivity index (χ2v) is 6.99. The summed E-state index contributed by atoms with van der Waals surface area (Å²) in [7, 11) is 1.65. The molecule has 144 valence electrons. The van der Waals surface area contributed by atoms with Gasteiger partial charge >= 0.3 is 0 Å². The van der Waals surface area contributed by atoms with Crippen LogP contribution in [-0.2, 0) is 6.42 Å². The van der Waals surface area contributed by atoms with E-state index < -0.39 is 0 Å². The zero-order valence-corrected chi connectivity index (χ0v) is 16.2. The topological polar surface area (TPSA) is 72.2 Å². The van der Waals surface area contributed by atoms with Gasteiger partial charge in [-0.05, 0) is 60.0 Å². The summed E-state index contributed by atoms with van der Waals surface area (Å²) in [5, 5.41) is 17.8. The van der Waals surface area contributed by atoms with Crippen LogP contribution in [0.1, 0.15) is 29.4 Å². The van der Waals surface area contributed by atoms with Crippen LogP contribution < -0.4 is 10.1 Å². The zero-order valence-electron chi connectivity index (χ0n) is 15.5. The monoisotopic (exact) mass is 396 g/mol. The first kappa shape index (κ1) is 18.5. The van der Waals surface area contributed by atoms with Crippen LogP contribution in [0.15, 0.2) is 54.6 Å². The number of ether oxygens (including phenoxy) is 1. The summed E-state index contributed by atoms with van der Waals surface area (Å²) in [6.07, 6.45) is 3.37. The third-order valence-electron chi connectivity index (χ3n) is 4.66. The van der Waals surface area contributed by atoms with Gasteiger partial charge in [0, 0.05) is 23.7 Å². The Hall–Kier alpha value is -2.83. The van der Waals surface area contributed by atoms with E-state index in [1.807, 2.05) is 53.2 Å². The van der Waals surface area contributed by atoms with Gasteiger partial charge in [-0.15, -0.1) is 0 Å². The fourth-order valence-electron chi connectivity index (χ4n) is 3.25. The smallest absolute Gasteiger partial charge is 0.226 e. The summed E-state index contributed by atoms with van der Waals surface area (Å²) >= 11 is 6.23. The average Bonchev–Trinajstić information content (AvgIpc) is 3.14. The lowest BCUT2D eigenvalue weighted by Gasteiger charge is -2.24. The van der Waals surface area contributed by atoms with Gasteiger partial charge in [-0.2, -0.15) is 10.1 Å². The average molecular weight is 397 g/mol. The van der Waals surface area contributed by atoms with E-state index in [1.54, 1.807) is 7.11 Å². The van der Waals surface area contributed by atoms with Crippen molar-refractivity contribution >= 4 is 23.2 Å². The highest BCUT2D eigenvalue weighted by Gasteiger charge is 2.25. The molecule has 1 aliphatic rings. The molecule has 0 amide bonds. The highest BCUT2D eigenvalue weighted by atomic mass is 35.5. The first-order chi connectivity index (χ1) is 13.7. The molecule has 28 heavy (non-hydrogen) atoms. The summed E-state index contributed by atoms with van der Waals surface area (Å²) in [6, 6.07) is 15.5. The van der Waals surface area contributed by atoms with Crippen molar-refractivity contribution in [3.05, 3.63) is 76.6 Å². The second-order valence-electron chi connectivity index (χ2n) is 6.56. The molecular weight excluding hydrogens is 376 g/mol. The number of aliphatic hydroxyl groups excluding tert-OH is 1. The number of fused-ring (bicyclic) bond motifs is 1. The Bertz CT molecular complexity index is 998. The van der Waals surface area contributed by atoms with E-state index in [1.165, 1.54) is 0 Å². The molecule has 2 heterocycles. The van der Waals surface area contributed by atoms with Crippen molar-refractivity contribution in [2.75, 3.05) is 19.0 Å². The van der Waals surface area contributed by atoms with Crippen LogP contribution in [0.5, 0.6) is 5.75 Å². The van der Waals surface area contributed by atoms with Crippen molar-refractivity contribution in [3.8, 4) is 5.75 Å². The number of aromatic nitrogens is 3. The molecule has 1 aliphatic heterocycles. The number of halogens is 1. The van der Waals surface area contributed by atoms with Gasteiger partial charge < -0.3 is 15.2 Å². The SMILES string of the molecule is COc1ccc(C2=CC(c3cccc(Cl)c3)n3nc(CCCO)nc3N2)cc1. The maximum atomic E-state index is 9.11. The van der Waals surface area contributed by atoms with Crippen LogP contribution in [0.3, 0.4) is 0 Å². The van der Waals surface area contributed by atoms with Gasteiger partial charge in [0.2, 0.25) is 5.95 Å². The summed E-state index contributed by atoms with van der Waals surface area (Å²) in [5.74, 6) is 2.18. The lowest BCUT2D eigenvalue weighted by atomic mass is 10.0. The number of hydrogen-bond donors (Lipinski definition) is 2. The standard InChI is InChI=1S/C21H21ClN4O2/c1-28-17-9-7-14(8-10-17)18-13-19(15-4-2-5-16(22)12-15)26-21(23-18)24-20(25-26)6-3-11-27/h2,4-5,7-10,12-13,19,27H,3,6,11H2,1H3,(H,23,24,25). The number of aryl methyl sites for hydroxylation is 1. The molecular formula is C21H21ClN4O2. The molecule has 1 aromatic heterocycles. The Labute approximate surface area is 168 Å². The molecule has 2 N–H and O–H groups in total. The summed E-state index contributed by atoms with van der Waals surface area (Å²) in [5.41, 5.74) is 3.00. The number of hydrogen-bond acceptors (Lipinski definition) is 5. The van der Waals surface area contributed by atoms with Crippen LogP contribution in [0, 0.1) is 0 Å². The van der Waals surface area contributed by atoms with E-state index in [0.717, 1.165) is 22.6 Å². The third kappa shape index (κ3) is 3.74. The maximum absolute atomic E-state index is 9.11. The van der Waals surface area contributed by atoms with Crippen molar-refractivity contribution in [1.29, 1.82) is 0 Å². The minimum absolute atomic E-state index is 0.115. The molecule has 0 fully saturated rings. The maximum Gasteiger partial charge on any atom is 0.226 e. The van der Waals surface area contributed by atoms with Crippen LogP contribution in [0.4, 0.5) is 5.95 Å². The van der Waals surface area contributed by atoms with E-state index in [4.69, 9.17) is 21.4 Å². The first-order valence-corrected chi connectivity index (χ1v) is 9.51. The Morgan fingerprint density at radius 1 is 1.21 bits per heavy atom. The number of methoxy groups -OCH3 is 1. The minimum atomic E-state index is -0.137. The van der Waals surface area contributed by atoms with Crippen molar-refractivity contribution in [3.63, 3.8) is 0 Å². The van der Waals surface area contributed by atoms with Crippen molar-refractivity contribution in [2.24, 2.45) is 0 Å². The molecule has 1 atom stereocenters. The van der Waals surface area contributed by atoms with E-state index in [9.17, 15) is 0 Å². The van der Waals surface area contributed by atoms with Gasteiger partial charge in [0.1, 0.15) is 11.8 Å². The van der Waals surface area contributed by atoms with Crippen molar-refractivity contribution < 1.29 is 9.84 Å². The molecule has 1 unspecified atom stereocenters.